The first-order chi connectivity index (χ1) is 8.54. The molecule has 0 aliphatic carbocycles. The third-order valence-electron chi connectivity index (χ3n) is 2.30. The summed E-state index contributed by atoms with van der Waals surface area (Å²) < 4.78 is 31.1. The quantitative estimate of drug-likeness (QED) is 0.910. The van der Waals surface area contributed by atoms with E-state index in [1.54, 1.807) is 13.0 Å². The lowest BCUT2D eigenvalue weighted by molar-refractivity contribution is 0.198. The number of aliphatic hydroxyl groups excluding tert-OH is 1. The molecule has 0 aliphatic heterocycles. The minimum atomic E-state index is -0.725. The Hall–Kier alpha value is -2.01. The molecule has 0 saturated heterocycles. The van der Waals surface area contributed by atoms with Gasteiger partial charge in [-0.2, -0.15) is 0 Å². The summed E-state index contributed by atoms with van der Waals surface area (Å²) in [5.41, 5.74) is 0.608. The standard InChI is InChI=1S/C13H11F2NO2/c1-8(17)9-2-3-16-13(4-9)18-12-6-10(14)5-11(15)7-12/h2-8,17H,1H3/t8-/m0/s1. The van der Waals surface area contributed by atoms with Gasteiger partial charge < -0.3 is 9.84 Å². The zero-order valence-electron chi connectivity index (χ0n) is 9.60. The number of hydrogen-bond donors (Lipinski definition) is 1. The second-order valence-corrected chi connectivity index (χ2v) is 3.81. The molecule has 2 rings (SSSR count). The van der Waals surface area contributed by atoms with E-state index in [4.69, 9.17) is 4.74 Å². The van der Waals surface area contributed by atoms with E-state index in [1.807, 2.05) is 0 Å². The van der Waals surface area contributed by atoms with E-state index < -0.39 is 17.7 Å². The van der Waals surface area contributed by atoms with E-state index >= 15 is 0 Å². The number of aromatic nitrogens is 1. The van der Waals surface area contributed by atoms with Crippen LogP contribution in [0.3, 0.4) is 0 Å². The number of benzene rings is 1. The highest BCUT2D eigenvalue weighted by atomic mass is 19.1. The van der Waals surface area contributed by atoms with Crippen LogP contribution in [0.15, 0.2) is 36.5 Å². The lowest BCUT2D eigenvalue weighted by Crippen LogP contribution is -1.94. The van der Waals surface area contributed by atoms with E-state index in [0.29, 0.717) is 5.56 Å². The van der Waals surface area contributed by atoms with Crippen molar-refractivity contribution < 1.29 is 18.6 Å². The molecule has 1 heterocycles. The van der Waals surface area contributed by atoms with Crippen LogP contribution < -0.4 is 4.74 Å². The number of ether oxygens (including phenoxy) is 1. The van der Waals surface area contributed by atoms with Crippen molar-refractivity contribution in [1.29, 1.82) is 0 Å². The van der Waals surface area contributed by atoms with Crippen molar-refractivity contribution in [1.82, 2.24) is 4.98 Å². The van der Waals surface area contributed by atoms with E-state index in [1.165, 1.54) is 12.3 Å². The summed E-state index contributed by atoms with van der Waals surface area (Å²) in [6.45, 7) is 1.60. The van der Waals surface area contributed by atoms with Crippen molar-refractivity contribution in [2.45, 2.75) is 13.0 Å². The van der Waals surface area contributed by atoms with Crippen LogP contribution in [0.1, 0.15) is 18.6 Å². The Morgan fingerprint density at radius 1 is 1.17 bits per heavy atom. The van der Waals surface area contributed by atoms with Crippen molar-refractivity contribution in [2.24, 2.45) is 0 Å². The fourth-order valence-corrected chi connectivity index (χ4v) is 1.45. The summed E-state index contributed by atoms with van der Waals surface area (Å²) in [4.78, 5) is 3.90. The summed E-state index contributed by atoms with van der Waals surface area (Å²) in [6, 6.07) is 6.00. The smallest absolute Gasteiger partial charge is 0.219 e. The van der Waals surface area contributed by atoms with Crippen molar-refractivity contribution >= 4 is 0 Å². The van der Waals surface area contributed by atoms with E-state index in [2.05, 4.69) is 4.98 Å². The highest BCUT2D eigenvalue weighted by molar-refractivity contribution is 5.30. The maximum Gasteiger partial charge on any atom is 0.219 e. The molecule has 0 radical (unpaired) electrons. The van der Waals surface area contributed by atoms with E-state index in [9.17, 15) is 13.9 Å². The third-order valence-corrected chi connectivity index (χ3v) is 2.30. The Morgan fingerprint density at radius 3 is 2.44 bits per heavy atom. The van der Waals surface area contributed by atoms with Crippen molar-refractivity contribution in [3.63, 3.8) is 0 Å². The zero-order chi connectivity index (χ0) is 13.1. The average Bonchev–Trinajstić information content (AvgIpc) is 2.27. The monoisotopic (exact) mass is 251 g/mol. The highest BCUT2D eigenvalue weighted by Gasteiger charge is 2.06. The molecule has 1 aromatic carbocycles. The first-order valence-electron chi connectivity index (χ1n) is 5.32. The largest absolute Gasteiger partial charge is 0.439 e. The van der Waals surface area contributed by atoms with Gasteiger partial charge >= 0.3 is 0 Å². The van der Waals surface area contributed by atoms with E-state index in [0.717, 1.165) is 18.2 Å². The van der Waals surface area contributed by atoms with Crippen molar-refractivity contribution in [3.05, 3.63) is 53.7 Å². The molecule has 2 aromatic rings. The minimum absolute atomic E-state index is 0.0164. The van der Waals surface area contributed by atoms with Crippen LogP contribution in [0.2, 0.25) is 0 Å². The Kier molecular flexibility index (Phi) is 3.53. The van der Waals surface area contributed by atoms with Crippen LogP contribution in [-0.2, 0) is 0 Å². The second-order valence-electron chi connectivity index (χ2n) is 3.81. The van der Waals surface area contributed by atoms with Gasteiger partial charge in [-0.05, 0) is 18.6 Å². The Bertz CT molecular complexity index is 538. The van der Waals surface area contributed by atoms with Gasteiger partial charge in [0, 0.05) is 30.5 Å². The molecule has 0 aliphatic rings. The normalized spacial score (nSPS) is 12.2. The summed E-state index contributed by atoms with van der Waals surface area (Å²) in [7, 11) is 0. The summed E-state index contributed by atoms with van der Waals surface area (Å²) >= 11 is 0. The fraction of sp³-hybridized carbons (Fsp3) is 0.154. The molecule has 1 aromatic heterocycles. The molecule has 0 unspecified atom stereocenters. The first-order valence-corrected chi connectivity index (χ1v) is 5.32. The molecule has 5 heteroatoms. The van der Waals surface area contributed by atoms with Crippen molar-refractivity contribution in [3.8, 4) is 11.6 Å². The van der Waals surface area contributed by atoms with Gasteiger partial charge in [-0.1, -0.05) is 0 Å². The van der Waals surface area contributed by atoms with Gasteiger partial charge in [-0.15, -0.1) is 0 Å². The molecule has 0 fully saturated rings. The number of nitrogens with zero attached hydrogens (tertiary/aromatic N) is 1. The molecular formula is C13H11F2NO2. The maximum atomic E-state index is 13.0. The van der Waals surface area contributed by atoms with Crippen LogP contribution in [0.5, 0.6) is 11.6 Å². The van der Waals surface area contributed by atoms with Gasteiger partial charge in [0.15, 0.2) is 0 Å². The Morgan fingerprint density at radius 2 is 1.83 bits per heavy atom. The number of halogens is 2. The van der Waals surface area contributed by atoms with Gasteiger partial charge in [0.05, 0.1) is 6.10 Å². The Balaban J connectivity index is 2.25. The lowest BCUT2D eigenvalue weighted by atomic mass is 10.2. The summed E-state index contributed by atoms with van der Waals surface area (Å²) in [5.74, 6) is -1.27. The van der Waals surface area contributed by atoms with Crippen LogP contribution in [0.25, 0.3) is 0 Å². The van der Waals surface area contributed by atoms with Gasteiger partial charge in [0.1, 0.15) is 17.4 Å². The summed E-state index contributed by atoms with van der Waals surface area (Å²) in [6.07, 6.45) is 0.784. The zero-order valence-corrected chi connectivity index (χ0v) is 9.60. The predicted octanol–water partition coefficient (Wildman–Crippen LogP) is 3.21. The molecule has 0 spiro atoms. The van der Waals surface area contributed by atoms with Crippen LogP contribution >= 0.6 is 0 Å². The minimum Gasteiger partial charge on any atom is -0.439 e. The Labute approximate surface area is 103 Å². The fourth-order valence-electron chi connectivity index (χ4n) is 1.45. The molecule has 0 saturated carbocycles. The molecule has 3 nitrogen and oxygen atoms in total. The molecule has 18 heavy (non-hydrogen) atoms. The predicted molar refractivity (Wildman–Crippen MR) is 61.3 cm³/mol. The van der Waals surface area contributed by atoms with Crippen LogP contribution in [-0.4, -0.2) is 10.1 Å². The highest BCUT2D eigenvalue weighted by Crippen LogP contribution is 2.23. The molecule has 1 atom stereocenters. The molecule has 0 amide bonds. The third kappa shape index (κ3) is 3.01. The molecule has 94 valence electrons. The number of pyridine rings is 1. The topological polar surface area (TPSA) is 42.4 Å². The first kappa shape index (κ1) is 12.4. The average molecular weight is 251 g/mol. The second kappa shape index (κ2) is 5.10. The molecular weight excluding hydrogens is 240 g/mol. The summed E-state index contributed by atoms with van der Waals surface area (Å²) in [5, 5.41) is 9.40. The van der Waals surface area contributed by atoms with Gasteiger partial charge in [0.2, 0.25) is 5.88 Å². The van der Waals surface area contributed by atoms with Crippen molar-refractivity contribution in [2.75, 3.05) is 0 Å². The van der Waals surface area contributed by atoms with E-state index in [-0.39, 0.29) is 11.6 Å². The van der Waals surface area contributed by atoms with Gasteiger partial charge in [0.25, 0.3) is 0 Å². The van der Waals surface area contributed by atoms with Crippen LogP contribution in [0, 0.1) is 11.6 Å². The number of hydrogen-bond acceptors (Lipinski definition) is 3. The lowest BCUT2D eigenvalue weighted by Gasteiger charge is -2.08. The maximum absolute atomic E-state index is 13.0. The molecule has 0 bridgehead atoms. The molecule has 1 N–H and O–H groups in total. The van der Waals surface area contributed by atoms with Gasteiger partial charge in [-0.25, -0.2) is 13.8 Å². The SMILES string of the molecule is C[C@H](O)c1ccnc(Oc2cc(F)cc(F)c2)c1. The number of aliphatic hydroxyl groups is 1. The number of rotatable bonds is 3. The van der Waals surface area contributed by atoms with Crippen LogP contribution in [0.4, 0.5) is 8.78 Å². The van der Waals surface area contributed by atoms with Gasteiger partial charge in [-0.3, -0.25) is 0 Å².